The molecular formula is C10H8F2O4. The average Bonchev–Trinajstić information content (AvgIpc) is 2.62. The van der Waals surface area contributed by atoms with Gasteiger partial charge in [0.2, 0.25) is 6.79 Å². The van der Waals surface area contributed by atoms with Gasteiger partial charge in [-0.15, -0.1) is 0 Å². The third-order valence-electron chi connectivity index (χ3n) is 2.33. The number of rotatable bonds is 2. The summed E-state index contributed by atoms with van der Waals surface area (Å²) in [5, 5.41) is 8.45. The first-order chi connectivity index (χ1) is 7.43. The molecule has 0 aliphatic carbocycles. The Morgan fingerprint density at radius 2 is 1.94 bits per heavy atom. The van der Waals surface area contributed by atoms with Gasteiger partial charge in [0.1, 0.15) is 0 Å². The number of hydrogen-bond donors (Lipinski definition) is 1. The summed E-state index contributed by atoms with van der Waals surface area (Å²) in [4.78, 5) is 10.5. The number of ether oxygens (including phenoxy) is 2. The molecule has 1 heterocycles. The molecule has 4 nitrogen and oxygen atoms in total. The molecule has 0 fully saturated rings. The summed E-state index contributed by atoms with van der Waals surface area (Å²) in [7, 11) is 0. The Bertz CT molecular complexity index is 456. The number of carboxylic acids is 1. The van der Waals surface area contributed by atoms with Crippen molar-refractivity contribution in [2.45, 2.75) is 12.8 Å². The molecule has 2 rings (SSSR count). The zero-order valence-corrected chi connectivity index (χ0v) is 8.29. The highest BCUT2D eigenvalue weighted by molar-refractivity contribution is 5.78. The molecule has 6 heteroatoms. The number of alkyl halides is 2. The van der Waals surface area contributed by atoms with Crippen LogP contribution in [0.15, 0.2) is 12.1 Å². The first kappa shape index (κ1) is 10.7. The molecule has 1 N–H and O–H groups in total. The molecule has 0 unspecified atom stereocenters. The fraction of sp³-hybridized carbons (Fsp3) is 0.300. The van der Waals surface area contributed by atoms with Crippen LogP contribution in [-0.4, -0.2) is 17.9 Å². The Hall–Kier alpha value is -1.85. The minimum absolute atomic E-state index is 0.0448. The lowest BCUT2D eigenvalue weighted by molar-refractivity contribution is -0.166. The van der Waals surface area contributed by atoms with Gasteiger partial charge in [-0.25, -0.2) is 4.79 Å². The number of fused-ring (bicyclic) bond motifs is 1. The fourth-order valence-electron chi connectivity index (χ4n) is 1.50. The lowest BCUT2D eigenvalue weighted by Crippen LogP contribution is -2.26. The van der Waals surface area contributed by atoms with Crippen LogP contribution >= 0.6 is 0 Å². The molecule has 0 aromatic heterocycles. The van der Waals surface area contributed by atoms with E-state index in [4.69, 9.17) is 14.6 Å². The zero-order chi connectivity index (χ0) is 11.9. The molecule has 0 bridgehead atoms. The third-order valence-corrected chi connectivity index (χ3v) is 2.33. The second-order valence-electron chi connectivity index (χ2n) is 3.40. The number of aliphatic carboxylic acids is 1. The van der Waals surface area contributed by atoms with E-state index in [1.54, 1.807) is 0 Å². The quantitative estimate of drug-likeness (QED) is 0.843. The maximum atomic E-state index is 13.3. The van der Waals surface area contributed by atoms with Gasteiger partial charge >= 0.3 is 11.9 Å². The predicted molar refractivity (Wildman–Crippen MR) is 48.8 cm³/mol. The summed E-state index contributed by atoms with van der Waals surface area (Å²) in [6.45, 7) is 1.35. The fourth-order valence-corrected chi connectivity index (χ4v) is 1.50. The number of hydrogen-bond acceptors (Lipinski definition) is 3. The highest BCUT2D eigenvalue weighted by Crippen LogP contribution is 2.40. The Kier molecular flexibility index (Phi) is 2.22. The van der Waals surface area contributed by atoms with Crippen LogP contribution in [-0.2, 0) is 10.7 Å². The topological polar surface area (TPSA) is 55.8 Å². The van der Waals surface area contributed by atoms with E-state index in [2.05, 4.69) is 0 Å². The van der Waals surface area contributed by atoms with Gasteiger partial charge in [-0.1, -0.05) is 0 Å². The molecule has 0 amide bonds. The van der Waals surface area contributed by atoms with Crippen LogP contribution in [0.25, 0.3) is 0 Å². The van der Waals surface area contributed by atoms with Crippen LogP contribution in [0.2, 0.25) is 0 Å². The standard InChI is InChI=1S/C10H8F2O4/c1-5-2-7-8(16-4-15-7)3-6(5)10(11,12)9(13)14/h2-3H,4H2,1H3,(H,13,14). The van der Waals surface area contributed by atoms with Crippen LogP contribution in [0, 0.1) is 6.92 Å². The Morgan fingerprint density at radius 3 is 2.50 bits per heavy atom. The summed E-state index contributed by atoms with van der Waals surface area (Å²) < 4.78 is 36.5. The third kappa shape index (κ3) is 1.46. The summed E-state index contributed by atoms with van der Waals surface area (Å²) in [6, 6.07) is 2.35. The predicted octanol–water partition coefficient (Wildman–Crippen LogP) is 1.90. The minimum atomic E-state index is -3.93. The van der Waals surface area contributed by atoms with Crippen molar-refractivity contribution in [1.29, 1.82) is 0 Å². The highest BCUT2D eigenvalue weighted by atomic mass is 19.3. The normalized spacial score (nSPS) is 13.9. The van der Waals surface area contributed by atoms with E-state index in [1.165, 1.54) is 13.0 Å². The van der Waals surface area contributed by atoms with Crippen LogP contribution in [0.5, 0.6) is 11.5 Å². The minimum Gasteiger partial charge on any atom is -0.477 e. The van der Waals surface area contributed by atoms with E-state index in [0.717, 1.165) is 6.07 Å². The van der Waals surface area contributed by atoms with Crippen molar-refractivity contribution >= 4 is 5.97 Å². The smallest absolute Gasteiger partial charge is 0.379 e. The number of benzene rings is 1. The molecular weight excluding hydrogens is 222 g/mol. The van der Waals surface area contributed by atoms with E-state index in [-0.39, 0.29) is 18.1 Å². The Labute approximate surface area is 89.4 Å². The van der Waals surface area contributed by atoms with Gasteiger partial charge in [0, 0.05) is 5.56 Å². The second-order valence-corrected chi connectivity index (χ2v) is 3.40. The van der Waals surface area contributed by atoms with Crippen molar-refractivity contribution in [3.63, 3.8) is 0 Å². The lowest BCUT2D eigenvalue weighted by Gasteiger charge is -2.14. The van der Waals surface area contributed by atoms with Gasteiger partial charge < -0.3 is 14.6 Å². The van der Waals surface area contributed by atoms with Crippen molar-refractivity contribution in [2.75, 3.05) is 6.79 Å². The van der Waals surface area contributed by atoms with E-state index in [9.17, 15) is 13.6 Å². The number of aryl methyl sites for hydroxylation is 1. The first-order valence-electron chi connectivity index (χ1n) is 4.45. The first-order valence-corrected chi connectivity index (χ1v) is 4.45. The number of halogens is 2. The number of carbonyl (C=O) groups is 1. The molecule has 16 heavy (non-hydrogen) atoms. The molecule has 0 spiro atoms. The van der Waals surface area contributed by atoms with Crippen molar-refractivity contribution in [1.82, 2.24) is 0 Å². The van der Waals surface area contributed by atoms with Crippen molar-refractivity contribution in [3.8, 4) is 11.5 Å². The summed E-state index contributed by atoms with van der Waals surface area (Å²) in [5.41, 5.74) is -0.430. The van der Waals surface area contributed by atoms with Crippen LogP contribution in [0.3, 0.4) is 0 Å². The molecule has 0 saturated heterocycles. The molecule has 0 atom stereocenters. The van der Waals surface area contributed by atoms with Gasteiger partial charge in [0.05, 0.1) is 0 Å². The molecule has 1 aliphatic heterocycles. The molecule has 0 radical (unpaired) electrons. The maximum Gasteiger partial charge on any atom is 0.379 e. The Balaban J connectivity index is 2.54. The average molecular weight is 230 g/mol. The van der Waals surface area contributed by atoms with Gasteiger partial charge in [0.25, 0.3) is 0 Å². The molecule has 1 aliphatic rings. The van der Waals surface area contributed by atoms with Crippen LogP contribution in [0.1, 0.15) is 11.1 Å². The summed E-state index contributed by atoms with van der Waals surface area (Å²) in [6.07, 6.45) is 0. The Morgan fingerprint density at radius 1 is 1.38 bits per heavy atom. The zero-order valence-electron chi connectivity index (χ0n) is 8.29. The summed E-state index contributed by atoms with van der Waals surface area (Å²) >= 11 is 0. The van der Waals surface area contributed by atoms with Gasteiger partial charge in [0.15, 0.2) is 11.5 Å². The maximum absolute atomic E-state index is 13.3. The van der Waals surface area contributed by atoms with E-state index < -0.39 is 17.5 Å². The van der Waals surface area contributed by atoms with E-state index >= 15 is 0 Å². The SMILES string of the molecule is Cc1cc2c(cc1C(F)(F)C(=O)O)OCO2. The van der Waals surface area contributed by atoms with Gasteiger partial charge in [-0.3, -0.25) is 0 Å². The second kappa shape index (κ2) is 3.33. The van der Waals surface area contributed by atoms with Gasteiger partial charge in [-0.2, -0.15) is 8.78 Å². The molecule has 0 saturated carbocycles. The summed E-state index contributed by atoms with van der Waals surface area (Å²) in [5.74, 6) is -5.62. The van der Waals surface area contributed by atoms with Crippen molar-refractivity contribution in [3.05, 3.63) is 23.3 Å². The largest absolute Gasteiger partial charge is 0.477 e. The van der Waals surface area contributed by atoms with Crippen LogP contribution < -0.4 is 9.47 Å². The van der Waals surface area contributed by atoms with Crippen molar-refractivity contribution < 1.29 is 28.2 Å². The van der Waals surface area contributed by atoms with Crippen LogP contribution in [0.4, 0.5) is 8.78 Å². The lowest BCUT2D eigenvalue weighted by atomic mass is 10.0. The van der Waals surface area contributed by atoms with E-state index in [1.807, 2.05) is 0 Å². The monoisotopic (exact) mass is 230 g/mol. The molecule has 86 valence electrons. The van der Waals surface area contributed by atoms with E-state index in [0.29, 0.717) is 5.75 Å². The molecule has 1 aromatic rings. The van der Waals surface area contributed by atoms with Gasteiger partial charge in [-0.05, 0) is 24.6 Å². The highest BCUT2D eigenvalue weighted by Gasteiger charge is 2.43. The number of carboxylic acid groups (broad SMARTS) is 1. The molecule has 1 aromatic carbocycles. The van der Waals surface area contributed by atoms with Crippen molar-refractivity contribution in [2.24, 2.45) is 0 Å².